The Morgan fingerprint density at radius 3 is 2.51 bits per heavy atom. The lowest BCUT2D eigenvalue weighted by Gasteiger charge is -2.37. The van der Waals surface area contributed by atoms with Gasteiger partial charge in [-0.3, -0.25) is 4.79 Å². The van der Waals surface area contributed by atoms with Crippen molar-refractivity contribution < 1.29 is 23.8 Å². The molecule has 0 radical (unpaired) electrons. The third kappa shape index (κ3) is 5.36. The molecule has 2 aromatic carbocycles. The molecule has 0 aliphatic carbocycles. The lowest BCUT2D eigenvalue weighted by atomic mass is 9.92. The van der Waals surface area contributed by atoms with Crippen LogP contribution >= 0.6 is 11.8 Å². The van der Waals surface area contributed by atoms with E-state index in [2.05, 4.69) is 0 Å². The molecule has 0 unspecified atom stereocenters. The number of thioether (sulfide) groups is 1. The Labute approximate surface area is 221 Å². The predicted molar refractivity (Wildman–Crippen MR) is 144 cm³/mol. The van der Waals surface area contributed by atoms with Crippen LogP contribution in [0.15, 0.2) is 75.9 Å². The van der Waals surface area contributed by atoms with Gasteiger partial charge in [0.25, 0.3) is 0 Å². The van der Waals surface area contributed by atoms with E-state index in [1.165, 1.54) is 11.8 Å². The van der Waals surface area contributed by atoms with E-state index in [-0.39, 0.29) is 18.9 Å². The second kappa shape index (κ2) is 11.6. The number of hydrogen-bond acceptors (Lipinski definition) is 8. The fourth-order valence-electron chi connectivity index (χ4n) is 4.32. The highest BCUT2D eigenvalue weighted by Gasteiger charge is 2.43. The van der Waals surface area contributed by atoms with Gasteiger partial charge in [0, 0.05) is 24.9 Å². The predicted octanol–water partition coefficient (Wildman–Crippen LogP) is 4.89. The topological polar surface area (TPSA) is 80.7 Å². The quantitative estimate of drug-likeness (QED) is 0.435. The Morgan fingerprint density at radius 2 is 1.84 bits per heavy atom. The number of carbonyl (C=O) groups excluding carboxylic acids is 2. The number of amidine groups is 1. The first kappa shape index (κ1) is 26.3. The van der Waals surface area contributed by atoms with Gasteiger partial charge in [0.2, 0.25) is 5.91 Å². The van der Waals surface area contributed by atoms with Crippen molar-refractivity contribution in [3.63, 3.8) is 0 Å². The van der Waals surface area contributed by atoms with E-state index < -0.39 is 12.0 Å². The van der Waals surface area contributed by atoms with E-state index in [1.807, 2.05) is 59.7 Å². The minimum atomic E-state index is -0.623. The van der Waals surface area contributed by atoms with Crippen molar-refractivity contribution in [2.75, 3.05) is 27.8 Å². The van der Waals surface area contributed by atoms with Crippen LogP contribution in [0.4, 0.5) is 0 Å². The van der Waals surface area contributed by atoms with Gasteiger partial charge in [-0.2, -0.15) is 0 Å². The Balaban J connectivity index is 1.78. The first-order valence-electron chi connectivity index (χ1n) is 12.0. The Morgan fingerprint density at radius 1 is 1.08 bits per heavy atom. The third-order valence-corrected chi connectivity index (χ3v) is 7.28. The highest BCUT2D eigenvalue weighted by atomic mass is 32.2. The van der Waals surface area contributed by atoms with E-state index in [1.54, 1.807) is 39.2 Å². The van der Waals surface area contributed by atoms with Gasteiger partial charge in [-0.25, -0.2) is 9.79 Å². The third-order valence-electron chi connectivity index (χ3n) is 6.39. The summed E-state index contributed by atoms with van der Waals surface area (Å²) in [6, 6.07) is 14.5. The molecular weight excluding hydrogens is 490 g/mol. The van der Waals surface area contributed by atoms with Gasteiger partial charge < -0.3 is 24.0 Å². The number of benzene rings is 2. The van der Waals surface area contributed by atoms with Crippen molar-refractivity contribution in [1.82, 2.24) is 9.80 Å². The van der Waals surface area contributed by atoms with Crippen LogP contribution in [0.2, 0.25) is 0 Å². The van der Waals surface area contributed by atoms with Crippen LogP contribution in [-0.2, 0) is 20.9 Å². The molecule has 1 atom stereocenters. The summed E-state index contributed by atoms with van der Waals surface area (Å²) < 4.78 is 17.1. The number of para-hydroxylation sites is 1. The number of aliphatic imine (C=N–C) groups is 1. The number of carbonyl (C=O) groups is 2. The van der Waals surface area contributed by atoms with Crippen LogP contribution in [0.5, 0.6) is 11.5 Å². The van der Waals surface area contributed by atoms with E-state index >= 15 is 0 Å². The smallest absolute Gasteiger partial charge is 0.338 e. The van der Waals surface area contributed by atoms with Crippen LogP contribution in [0, 0.1) is 0 Å². The number of methoxy groups -OCH3 is 2. The molecule has 4 rings (SSSR count). The molecule has 194 valence electrons. The van der Waals surface area contributed by atoms with Crippen LogP contribution in [0.3, 0.4) is 0 Å². The summed E-state index contributed by atoms with van der Waals surface area (Å²) in [5, 5.41) is 2.61. The van der Waals surface area contributed by atoms with Crippen LogP contribution in [-0.4, -0.2) is 54.7 Å². The molecule has 2 heterocycles. The van der Waals surface area contributed by atoms with Crippen molar-refractivity contribution >= 4 is 28.8 Å². The Kier molecular flexibility index (Phi) is 8.23. The number of hydrogen-bond donors (Lipinski definition) is 0. The van der Waals surface area contributed by atoms with Crippen LogP contribution in [0.1, 0.15) is 37.4 Å². The zero-order chi connectivity index (χ0) is 26.5. The maximum Gasteiger partial charge on any atom is 0.338 e. The number of allylic oxidation sites excluding steroid dienone is 1. The maximum absolute atomic E-state index is 13.6. The molecular formula is C28H31N3O5S. The lowest BCUT2D eigenvalue weighted by Crippen LogP contribution is -2.38. The summed E-state index contributed by atoms with van der Waals surface area (Å²) in [6.45, 7) is 4.47. The number of rotatable bonds is 9. The van der Waals surface area contributed by atoms with E-state index in [0.29, 0.717) is 40.0 Å². The molecule has 8 nitrogen and oxygen atoms in total. The number of ether oxygens (including phenoxy) is 3. The van der Waals surface area contributed by atoms with Crippen LogP contribution in [0.25, 0.3) is 0 Å². The highest BCUT2D eigenvalue weighted by molar-refractivity contribution is 8.16. The zero-order valence-electron chi connectivity index (χ0n) is 21.7. The molecule has 0 bridgehead atoms. The molecule has 0 aromatic heterocycles. The Bertz CT molecular complexity index is 1270. The lowest BCUT2D eigenvalue weighted by molar-refractivity contribution is -0.141. The van der Waals surface area contributed by atoms with E-state index in [9.17, 15) is 9.59 Å². The van der Waals surface area contributed by atoms with Crippen LogP contribution < -0.4 is 9.47 Å². The molecule has 0 spiro atoms. The monoisotopic (exact) mass is 521 g/mol. The number of fused-ring (bicyclic) bond motifs is 1. The molecule has 2 aliphatic heterocycles. The summed E-state index contributed by atoms with van der Waals surface area (Å²) in [5.74, 6) is 0.544. The molecule has 0 N–H and O–H groups in total. The van der Waals surface area contributed by atoms with Crippen molar-refractivity contribution in [2.24, 2.45) is 4.99 Å². The zero-order valence-corrected chi connectivity index (χ0v) is 22.5. The van der Waals surface area contributed by atoms with Gasteiger partial charge in [0.1, 0.15) is 6.61 Å². The molecule has 1 amide bonds. The minimum absolute atomic E-state index is 0.0218. The first-order chi connectivity index (χ1) is 17.9. The average Bonchev–Trinajstić information content (AvgIpc) is 3.31. The van der Waals surface area contributed by atoms with Gasteiger partial charge in [0.05, 0.1) is 38.0 Å². The molecule has 2 aromatic rings. The summed E-state index contributed by atoms with van der Waals surface area (Å²) >= 11 is 1.43. The van der Waals surface area contributed by atoms with Gasteiger partial charge >= 0.3 is 5.97 Å². The average molecular weight is 522 g/mol. The molecule has 0 saturated heterocycles. The van der Waals surface area contributed by atoms with Crippen molar-refractivity contribution in [3.05, 3.63) is 82.0 Å². The fourth-order valence-corrected chi connectivity index (χ4v) is 5.28. The summed E-state index contributed by atoms with van der Waals surface area (Å²) in [7, 11) is 4.91. The second-order valence-electron chi connectivity index (χ2n) is 8.62. The molecule has 37 heavy (non-hydrogen) atoms. The number of esters is 1. The maximum atomic E-state index is 13.6. The van der Waals surface area contributed by atoms with E-state index in [4.69, 9.17) is 19.2 Å². The second-order valence-corrected chi connectivity index (χ2v) is 9.46. The molecule has 9 heteroatoms. The van der Waals surface area contributed by atoms with Crippen molar-refractivity contribution in [2.45, 2.75) is 32.9 Å². The number of amides is 1. The molecule has 0 saturated carbocycles. The molecule has 0 fully saturated rings. The van der Waals surface area contributed by atoms with Gasteiger partial charge in [-0.05, 0) is 30.9 Å². The normalized spacial score (nSPS) is 16.6. The molecule has 2 aliphatic rings. The van der Waals surface area contributed by atoms with Gasteiger partial charge in [-0.1, -0.05) is 54.2 Å². The van der Waals surface area contributed by atoms with Gasteiger partial charge in [0.15, 0.2) is 16.7 Å². The SMILES string of the molecule is CCN(C)C(=O)CC1=CSC2=NC(C)=C(C(=O)OCc3ccccc3)[C@@H](c3cccc(OC)c3OC)N12. The van der Waals surface area contributed by atoms with Gasteiger partial charge in [-0.15, -0.1) is 0 Å². The van der Waals surface area contributed by atoms with Crippen molar-refractivity contribution in [1.29, 1.82) is 0 Å². The summed E-state index contributed by atoms with van der Waals surface area (Å²) in [4.78, 5) is 34.9. The summed E-state index contributed by atoms with van der Waals surface area (Å²) in [5.41, 5.74) is 3.29. The highest BCUT2D eigenvalue weighted by Crippen LogP contribution is 2.48. The largest absolute Gasteiger partial charge is 0.493 e. The summed E-state index contributed by atoms with van der Waals surface area (Å²) in [6.07, 6.45) is 0.171. The Hall–Kier alpha value is -3.72. The fraction of sp³-hybridized carbons (Fsp3) is 0.321. The van der Waals surface area contributed by atoms with E-state index in [0.717, 1.165) is 11.3 Å². The number of nitrogens with zero attached hydrogens (tertiary/aromatic N) is 3. The van der Waals surface area contributed by atoms with Crippen molar-refractivity contribution in [3.8, 4) is 11.5 Å². The standard InChI is InChI=1S/C28H31N3O5S/c1-6-30(3)23(32)15-20-17-37-28-29-18(2)24(27(33)36-16-19-11-8-7-9-12-19)25(31(20)28)21-13-10-14-22(34-4)26(21)35-5/h7-14,17,25H,6,15-16H2,1-5H3/t25-/m1/s1. The minimum Gasteiger partial charge on any atom is -0.493 e. The first-order valence-corrected chi connectivity index (χ1v) is 12.9.